The highest BCUT2D eigenvalue weighted by atomic mass is 32.1. The number of nitrogens with two attached hydrogens (primary N) is 1. The first kappa shape index (κ1) is 17.7. The number of anilines is 2. The topological polar surface area (TPSA) is 93.8 Å². The van der Waals surface area contributed by atoms with E-state index in [0.717, 1.165) is 0 Å². The number of thiazole rings is 1. The molecule has 0 bridgehead atoms. The molecule has 2 heterocycles. The van der Waals surface area contributed by atoms with Crippen LogP contribution in [-0.4, -0.2) is 20.9 Å². The summed E-state index contributed by atoms with van der Waals surface area (Å²) in [6.07, 6.45) is 4.86. The smallest absolute Gasteiger partial charge is 0.249 e. The molecule has 0 radical (unpaired) electrons. The number of nitrogens with zero attached hydrogens (tertiary/aromatic N) is 3. The number of nitrogens with one attached hydrogen (secondary N) is 1. The number of carbonyl (C=O) groups is 1. The summed E-state index contributed by atoms with van der Waals surface area (Å²) in [6.45, 7) is 0. The first-order valence-corrected chi connectivity index (χ1v) is 9.17. The Labute approximate surface area is 163 Å². The van der Waals surface area contributed by atoms with Crippen LogP contribution in [0, 0.1) is 5.82 Å². The fourth-order valence-electron chi connectivity index (χ4n) is 2.77. The van der Waals surface area contributed by atoms with Crippen molar-refractivity contribution in [2.75, 3.05) is 5.32 Å². The van der Waals surface area contributed by atoms with Crippen molar-refractivity contribution >= 4 is 28.9 Å². The molecule has 4 aromatic rings. The maximum atomic E-state index is 13.4. The third-order valence-corrected chi connectivity index (χ3v) is 4.82. The van der Waals surface area contributed by atoms with E-state index in [-0.39, 0.29) is 5.82 Å². The number of halogens is 1. The molecule has 2 aromatic carbocycles. The van der Waals surface area contributed by atoms with Crippen molar-refractivity contribution in [1.82, 2.24) is 15.0 Å². The third kappa shape index (κ3) is 3.58. The Morgan fingerprint density at radius 1 is 1.04 bits per heavy atom. The second-order valence-electron chi connectivity index (χ2n) is 5.86. The summed E-state index contributed by atoms with van der Waals surface area (Å²) in [5.41, 5.74) is 8.48. The monoisotopic (exact) mass is 391 g/mol. The van der Waals surface area contributed by atoms with E-state index in [9.17, 15) is 9.18 Å². The highest BCUT2D eigenvalue weighted by Crippen LogP contribution is 2.34. The standard InChI is InChI=1S/C20H14FN5OS/c21-14-4-1-3-12(9-14)13-10-24-20(25-11-13)26-16-6-2-5-15(18(22)27)17(16)19-23-7-8-28-19/h1-11H,(H2,22,27)(H,24,25,26). The molecule has 138 valence electrons. The molecule has 1 amide bonds. The van der Waals surface area contributed by atoms with Gasteiger partial charge in [-0.1, -0.05) is 18.2 Å². The first-order chi connectivity index (χ1) is 13.6. The van der Waals surface area contributed by atoms with Crippen LogP contribution >= 0.6 is 11.3 Å². The van der Waals surface area contributed by atoms with E-state index in [1.54, 1.807) is 48.9 Å². The molecule has 2 aromatic heterocycles. The molecule has 3 N–H and O–H groups in total. The molecule has 0 spiro atoms. The van der Waals surface area contributed by atoms with Gasteiger partial charge in [0.2, 0.25) is 11.9 Å². The SMILES string of the molecule is NC(=O)c1cccc(Nc2ncc(-c3cccc(F)c3)cn2)c1-c1nccs1. The Bertz CT molecular complexity index is 1130. The quantitative estimate of drug-likeness (QED) is 0.530. The van der Waals surface area contributed by atoms with Crippen LogP contribution in [0.25, 0.3) is 21.7 Å². The average molecular weight is 391 g/mol. The molecule has 0 fully saturated rings. The summed E-state index contributed by atoms with van der Waals surface area (Å²) in [4.78, 5) is 24.7. The molecule has 6 nitrogen and oxygen atoms in total. The minimum absolute atomic E-state index is 0.323. The van der Waals surface area contributed by atoms with E-state index in [2.05, 4.69) is 20.3 Å². The van der Waals surface area contributed by atoms with Gasteiger partial charge in [-0.15, -0.1) is 11.3 Å². The number of aromatic nitrogens is 3. The molecule has 0 saturated carbocycles. The van der Waals surface area contributed by atoms with Gasteiger partial charge in [0, 0.05) is 35.1 Å². The van der Waals surface area contributed by atoms with Gasteiger partial charge in [0.15, 0.2) is 0 Å². The van der Waals surface area contributed by atoms with Crippen molar-refractivity contribution in [3.63, 3.8) is 0 Å². The zero-order chi connectivity index (χ0) is 19.5. The van der Waals surface area contributed by atoms with Gasteiger partial charge in [0.05, 0.1) is 11.3 Å². The average Bonchev–Trinajstić information content (AvgIpc) is 3.23. The number of primary amides is 1. The lowest BCUT2D eigenvalue weighted by Crippen LogP contribution is -2.13. The zero-order valence-corrected chi connectivity index (χ0v) is 15.3. The number of benzene rings is 2. The first-order valence-electron chi connectivity index (χ1n) is 8.29. The van der Waals surface area contributed by atoms with Gasteiger partial charge >= 0.3 is 0 Å². The summed E-state index contributed by atoms with van der Waals surface area (Å²) in [5, 5.41) is 5.59. The van der Waals surface area contributed by atoms with E-state index in [1.165, 1.54) is 23.5 Å². The maximum Gasteiger partial charge on any atom is 0.249 e. The highest BCUT2D eigenvalue weighted by molar-refractivity contribution is 7.13. The Morgan fingerprint density at radius 2 is 1.82 bits per heavy atom. The van der Waals surface area contributed by atoms with Gasteiger partial charge in [0.25, 0.3) is 0 Å². The summed E-state index contributed by atoms with van der Waals surface area (Å²) < 4.78 is 13.4. The van der Waals surface area contributed by atoms with Crippen molar-refractivity contribution in [2.45, 2.75) is 0 Å². The lowest BCUT2D eigenvalue weighted by Gasteiger charge is -2.12. The van der Waals surface area contributed by atoms with Crippen LogP contribution < -0.4 is 11.1 Å². The van der Waals surface area contributed by atoms with Crippen LogP contribution in [0.15, 0.2) is 66.4 Å². The lowest BCUT2D eigenvalue weighted by molar-refractivity contribution is 0.100. The summed E-state index contributed by atoms with van der Waals surface area (Å²) >= 11 is 1.40. The van der Waals surface area contributed by atoms with Crippen molar-refractivity contribution in [2.24, 2.45) is 5.73 Å². The minimum atomic E-state index is -0.545. The molecule has 28 heavy (non-hydrogen) atoms. The Balaban J connectivity index is 1.68. The molecular weight excluding hydrogens is 377 g/mol. The number of carbonyl (C=O) groups excluding carboxylic acids is 1. The molecule has 0 aliphatic carbocycles. The van der Waals surface area contributed by atoms with Crippen LogP contribution in [0.5, 0.6) is 0 Å². The molecule has 0 unspecified atom stereocenters. The molecule has 0 aliphatic heterocycles. The Hall–Kier alpha value is -3.65. The fourth-order valence-corrected chi connectivity index (χ4v) is 3.48. The number of amides is 1. The van der Waals surface area contributed by atoms with Crippen molar-refractivity contribution in [3.05, 3.63) is 77.8 Å². The van der Waals surface area contributed by atoms with Crippen LogP contribution in [0.3, 0.4) is 0 Å². The van der Waals surface area contributed by atoms with Gasteiger partial charge in [-0.3, -0.25) is 4.79 Å². The van der Waals surface area contributed by atoms with E-state index in [1.807, 2.05) is 5.38 Å². The van der Waals surface area contributed by atoms with Crippen molar-refractivity contribution in [3.8, 4) is 21.7 Å². The van der Waals surface area contributed by atoms with E-state index in [0.29, 0.717) is 38.9 Å². The normalized spacial score (nSPS) is 10.6. The lowest BCUT2D eigenvalue weighted by atomic mass is 10.1. The van der Waals surface area contributed by atoms with Crippen LogP contribution in [0.2, 0.25) is 0 Å². The van der Waals surface area contributed by atoms with E-state index < -0.39 is 5.91 Å². The van der Waals surface area contributed by atoms with Crippen LogP contribution in [0.4, 0.5) is 16.0 Å². The van der Waals surface area contributed by atoms with E-state index >= 15 is 0 Å². The number of rotatable bonds is 5. The van der Waals surface area contributed by atoms with Gasteiger partial charge in [-0.05, 0) is 29.8 Å². The van der Waals surface area contributed by atoms with E-state index in [4.69, 9.17) is 5.73 Å². The number of hydrogen-bond donors (Lipinski definition) is 2. The second kappa shape index (κ2) is 7.53. The molecule has 0 atom stereocenters. The second-order valence-corrected chi connectivity index (χ2v) is 6.75. The van der Waals surface area contributed by atoms with Gasteiger partial charge in [0.1, 0.15) is 10.8 Å². The summed E-state index contributed by atoms with van der Waals surface area (Å²) in [7, 11) is 0. The molecule has 8 heteroatoms. The fraction of sp³-hybridized carbons (Fsp3) is 0. The largest absolute Gasteiger partial charge is 0.366 e. The highest BCUT2D eigenvalue weighted by Gasteiger charge is 2.17. The Kier molecular flexibility index (Phi) is 4.77. The summed E-state index contributed by atoms with van der Waals surface area (Å²) in [6, 6.07) is 11.4. The number of hydrogen-bond acceptors (Lipinski definition) is 6. The maximum absolute atomic E-state index is 13.4. The third-order valence-electron chi connectivity index (χ3n) is 4.03. The molecule has 4 rings (SSSR count). The molecular formula is C20H14FN5OS. The van der Waals surface area contributed by atoms with Crippen molar-refractivity contribution in [1.29, 1.82) is 0 Å². The predicted molar refractivity (Wildman–Crippen MR) is 107 cm³/mol. The Morgan fingerprint density at radius 3 is 2.50 bits per heavy atom. The van der Waals surface area contributed by atoms with Gasteiger partial charge < -0.3 is 11.1 Å². The van der Waals surface area contributed by atoms with Crippen LogP contribution in [0.1, 0.15) is 10.4 Å². The predicted octanol–water partition coefficient (Wildman–Crippen LogP) is 4.25. The zero-order valence-electron chi connectivity index (χ0n) is 14.5. The van der Waals surface area contributed by atoms with Gasteiger partial charge in [-0.25, -0.2) is 19.3 Å². The van der Waals surface area contributed by atoms with Crippen LogP contribution in [-0.2, 0) is 0 Å². The minimum Gasteiger partial charge on any atom is -0.366 e. The molecule has 0 saturated heterocycles. The summed E-state index contributed by atoms with van der Waals surface area (Å²) in [5.74, 6) is -0.535. The van der Waals surface area contributed by atoms with Gasteiger partial charge in [-0.2, -0.15) is 0 Å². The molecule has 0 aliphatic rings. The van der Waals surface area contributed by atoms with Crippen molar-refractivity contribution < 1.29 is 9.18 Å².